The first-order chi connectivity index (χ1) is 12.0. The molecule has 0 unspecified atom stereocenters. The Hall–Kier alpha value is -2.16. The van der Waals surface area contributed by atoms with Gasteiger partial charge in [-0.2, -0.15) is 5.10 Å². The minimum Gasteiger partial charge on any atom is -0.449 e. The number of nitrogens with zero attached hydrogens (tertiary/aromatic N) is 3. The molecule has 1 aliphatic rings. The van der Waals surface area contributed by atoms with E-state index >= 15 is 0 Å². The second kappa shape index (κ2) is 7.61. The van der Waals surface area contributed by atoms with E-state index in [9.17, 15) is 18.0 Å². The number of carbonyl (C=O) groups excluding carboxylic acids is 2. The van der Waals surface area contributed by atoms with Gasteiger partial charge in [0, 0.05) is 37.5 Å². The van der Waals surface area contributed by atoms with Gasteiger partial charge >= 0.3 is 5.97 Å². The summed E-state index contributed by atoms with van der Waals surface area (Å²) in [5.41, 5.74) is 2.54. The molecule has 1 aromatic heterocycles. The van der Waals surface area contributed by atoms with E-state index < -0.39 is 27.8 Å². The first-order valence-electron chi connectivity index (χ1n) is 8.38. The molecule has 0 radical (unpaired) electrons. The zero-order valence-electron chi connectivity index (χ0n) is 15.7. The summed E-state index contributed by atoms with van der Waals surface area (Å²) < 4.78 is 30.0. The van der Waals surface area contributed by atoms with Crippen molar-refractivity contribution in [2.45, 2.75) is 39.3 Å². The smallest absolute Gasteiger partial charge is 0.331 e. The van der Waals surface area contributed by atoms with Crippen LogP contribution in [0.15, 0.2) is 6.08 Å². The van der Waals surface area contributed by atoms with Crippen molar-refractivity contribution in [3.8, 4) is 0 Å². The Morgan fingerprint density at radius 3 is 2.54 bits per heavy atom. The minimum atomic E-state index is -3.09. The molecule has 0 N–H and O–H groups in total. The van der Waals surface area contributed by atoms with Gasteiger partial charge in [0.1, 0.15) is 0 Å². The Bertz CT molecular complexity index is 841. The summed E-state index contributed by atoms with van der Waals surface area (Å²) >= 11 is 0. The third kappa shape index (κ3) is 4.51. The molecule has 1 aromatic rings. The van der Waals surface area contributed by atoms with E-state index in [0.717, 1.165) is 17.0 Å². The number of esters is 1. The lowest BCUT2D eigenvalue weighted by atomic mass is 10.2. The zero-order chi connectivity index (χ0) is 19.6. The molecule has 1 amide bonds. The maximum Gasteiger partial charge on any atom is 0.331 e. The molecular formula is C17H25N3O5S. The van der Waals surface area contributed by atoms with Gasteiger partial charge in [0.05, 0.1) is 17.2 Å². The lowest BCUT2D eigenvalue weighted by molar-refractivity contribution is -0.155. The third-order valence-electron chi connectivity index (χ3n) is 4.70. The van der Waals surface area contributed by atoms with Crippen LogP contribution in [0.2, 0.25) is 0 Å². The molecule has 9 heteroatoms. The normalized spacial score (nSPS) is 20.3. The van der Waals surface area contributed by atoms with Crippen molar-refractivity contribution in [2.24, 2.45) is 7.05 Å². The summed E-state index contributed by atoms with van der Waals surface area (Å²) in [4.78, 5) is 25.7. The molecule has 8 nitrogen and oxygen atoms in total. The van der Waals surface area contributed by atoms with Gasteiger partial charge in [-0.1, -0.05) is 0 Å². The van der Waals surface area contributed by atoms with Crippen molar-refractivity contribution in [3.05, 3.63) is 23.0 Å². The van der Waals surface area contributed by atoms with Crippen molar-refractivity contribution in [3.63, 3.8) is 0 Å². The van der Waals surface area contributed by atoms with Crippen molar-refractivity contribution in [1.29, 1.82) is 0 Å². The number of aromatic nitrogens is 2. The first kappa shape index (κ1) is 20.2. The van der Waals surface area contributed by atoms with Crippen LogP contribution in [-0.4, -0.2) is 65.7 Å². The van der Waals surface area contributed by atoms with Crippen LogP contribution in [0.25, 0.3) is 6.08 Å². The van der Waals surface area contributed by atoms with E-state index in [1.165, 1.54) is 24.9 Å². The highest BCUT2D eigenvalue weighted by Crippen LogP contribution is 2.18. The maximum atomic E-state index is 12.4. The molecule has 26 heavy (non-hydrogen) atoms. The molecule has 0 bridgehead atoms. The van der Waals surface area contributed by atoms with Crippen LogP contribution in [0.1, 0.15) is 30.3 Å². The summed E-state index contributed by atoms with van der Waals surface area (Å²) in [5.74, 6) is -1.02. The Morgan fingerprint density at radius 1 is 1.38 bits per heavy atom. The topological polar surface area (TPSA) is 98.6 Å². The quantitative estimate of drug-likeness (QED) is 0.546. The number of ether oxygens (including phenoxy) is 1. The SMILES string of the molecule is Cc1nn(C)c(C)c1/C=C/C(=O)O[C@H](C)C(=O)N(C)[C@@H]1CCS(=O)(=O)C1. The van der Waals surface area contributed by atoms with Crippen molar-refractivity contribution < 1.29 is 22.7 Å². The highest BCUT2D eigenvalue weighted by molar-refractivity contribution is 7.91. The molecule has 144 valence electrons. The number of rotatable bonds is 5. The van der Waals surface area contributed by atoms with Crippen LogP contribution in [-0.2, 0) is 31.2 Å². The average Bonchev–Trinajstić information content (AvgIpc) is 3.03. The van der Waals surface area contributed by atoms with Crippen LogP contribution >= 0.6 is 0 Å². The molecule has 0 saturated carbocycles. The van der Waals surface area contributed by atoms with Gasteiger partial charge in [-0.05, 0) is 33.3 Å². The van der Waals surface area contributed by atoms with Crippen LogP contribution < -0.4 is 0 Å². The van der Waals surface area contributed by atoms with Crippen molar-refractivity contribution >= 4 is 27.8 Å². The maximum absolute atomic E-state index is 12.4. The monoisotopic (exact) mass is 383 g/mol. The van der Waals surface area contributed by atoms with E-state index in [0.29, 0.717) is 6.42 Å². The van der Waals surface area contributed by atoms with Crippen LogP contribution in [0, 0.1) is 13.8 Å². The lowest BCUT2D eigenvalue weighted by Gasteiger charge is -2.26. The number of carbonyl (C=O) groups is 2. The molecule has 1 fully saturated rings. The number of aryl methyl sites for hydroxylation is 2. The van der Waals surface area contributed by atoms with Gasteiger partial charge in [-0.3, -0.25) is 9.48 Å². The summed E-state index contributed by atoms with van der Waals surface area (Å²) in [6.45, 7) is 5.21. The lowest BCUT2D eigenvalue weighted by Crippen LogP contribution is -2.44. The standard InChI is InChI=1S/C17H25N3O5S/c1-11-15(12(2)20(5)18-11)6-7-16(21)25-13(3)17(22)19(4)14-8-9-26(23,24)10-14/h6-7,13-14H,8-10H2,1-5H3/b7-6+/t13-,14-/m1/s1. The summed E-state index contributed by atoms with van der Waals surface area (Å²) in [6, 6.07) is -0.370. The Labute approximate surface area is 153 Å². The molecule has 2 heterocycles. The molecule has 1 saturated heterocycles. The van der Waals surface area contributed by atoms with Gasteiger partial charge in [0.25, 0.3) is 5.91 Å². The molecule has 0 aliphatic carbocycles. The van der Waals surface area contributed by atoms with Gasteiger partial charge in [-0.25, -0.2) is 13.2 Å². The number of amides is 1. The highest BCUT2D eigenvalue weighted by atomic mass is 32.2. The molecule has 0 spiro atoms. The van der Waals surface area contributed by atoms with Gasteiger partial charge < -0.3 is 9.64 Å². The minimum absolute atomic E-state index is 0.0463. The van der Waals surface area contributed by atoms with E-state index in [1.807, 2.05) is 20.9 Å². The average molecular weight is 383 g/mol. The van der Waals surface area contributed by atoms with Crippen LogP contribution in [0.3, 0.4) is 0 Å². The number of hydrogen-bond acceptors (Lipinski definition) is 6. The van der Waals surface area contributed by atoms with Crippen LogP contribution in [0.4, 0.5) is 0 Å². The fourth-order valence-electron chi connectivity index (χ4n) is 2.99. The zero-order valence-corrected chi connectivity index (χ0v) is 16.5. The summed E-state index contributed by atoms with van der Waals surface area (Å²) in [5, 5.41) is 4.26. The predicted molar refractivity (Wildman–Crippen MR) is 97.1 cm³/mol. The first-order valence-corrected chi connectivity index (χ1v) is 10.2. The number of likely N-dealkylation sites (N-methyl/N-ethyl adjacent to an activating group) is 1. The van der Waals surface area contributed by atoms with E-state index in [1.54, 1.807) is 10.8 Å². The second-order valence-electron chi connectivity index (χ2n) is 6.63. The number of hydrogen-bond donors (Lipinski definition) is 0. The highest BCUT2D eigenvalue weighted by Gasteiger charge is 2.34. The van der Waals surface area contributed by atoms with E-state index in [4.69, 9.17) is 4.74 Å². The van der Waals surface area contributed by atoms with Gasteiger partial charge in [0.15, 0.2) is 15.9 Å². The fourth-order valence-corrected chi connectivity index (χ4v) is 4.77. The molecule has 0 aromatic carbocycles. The van der Waals surface area contributed by atoms with Crippen molar-refractivity contribution in [1.82, 2.24) is 14.7 Å². The van der Waals surface area contributed by atoms with Gasteiger partial charge in [-0.15, -0.1) is 0 Å². The van der Waals surface area contributed by atoms with Gasteiger partial charge in [0.2, 0.25) is 0 Å². The molecule has 1 aliphatic heterocycles. The fraction of sp³-hybridized carbons (Fsp3) is 0.588. The number of sulfone groups is 1. The van der Waals surface area contributed by atoms with Crippen molar-refractivity contribution in [2.75, 3.05) is 18.6 Å². The van der Waals surface area contributed by atoms with E-state index in [2.05, 4.69) is 5.10 Å². The predicted octanol–water partition coefficient (Wildman–Crippen LogP) is 0.627. The Kier molecular flexibility index (Phi) is 5.90. The summed E-state index contributed by atoms with van der Waals surface area (Å²) in [7, 11) is 0.266. The van der Waals surface area contributed by atoms with E-state index in [-0.39, 0.29) is 17.5 Å². The van der Waals surface area contributed by atoms with Crippen LogP contribution in [0.5, 0.6) is 0 Å². The summed E-state index contributed by atoms with van der Waals surface area (Å²) in [6.07, 6.45) is 2.30. The molecular weight excluding hydrogens is 358 g/mol. The Balaban J connectivity index is 1.95. The second-order valence-corrected chi connectivity index (χ2v) is 8.86. The molecule has 2 atom stereocenters. The molecule has 2 rings (SSSR count). The Morgan fingerprint density at radius 2 is 2.04 bits per heavy atom. The third-order valence-corrected chi connectivity index (χ3v) is 6.45. The largest absolute Gasteiger partial charge is 0.449 e.